The van der Waals surface area contributed by atoms with E-state index in [0.29, 0.717) is 18.4 Å². The first kappa shape index (κ1) is 18.2. The molecule has 2 unspecified atom stereocenters. The topological polar surface area (TPSA) is 34.5 Å². The molecule has 1 saturated heterocycles. The minimum Gasteiger partial charge on any atom is -0.489 e. The van der Waals surface area contributed by atoms with Crippen LogP contribution in [0.15, 0.2) is 77.6 Å². The number of rotatable bonds is 5. The molecule has 0 spiro atoms. The Labute approximate surface area is 171 Å². The number of ether oxygens (including phenoxy) is 1. The zero-order chi connectivity index (χ0) is 19.6. The zero-order valence-corrected chi connectivity index (χ0v) is 16.5. The van der Waals surface area contributed by atoms with Gasteiger partial charge in [-0.3, -0.25) is 9.69 Å². The van der Waals surface area contributed by atoms with E-state index in [2.05, 4.69) is 41.3 Å². The number of nitrogens with zero attached hydrogens (tertiary/aromatic N) is 2. The van der Waals surface area contributed by atoms with Crippen LogP contribution in [0.5, 0.6) is 5.75 Å². The second kappa shape index (κ2) is 7.88. The highest BCUT2D eigenvalue weighted by Gasteiger charge is 2.34. The molecular formula is C25H26N2O2. The predicted molar refractivity (Wildman–Crippen MR) is 114 cm³/mol. The lowest BCUT2D eigenvalue weighted by atomic mass is 9.83. The second-order valence-corrected chi connectivity index (χ2v) is 8.31. The first-order valence-corrected chi connectivity index (χ1v) is 10.4. The lowest BCUT2D eigenvalue weighted by Gasteiger charge is -2.42. The van der Waals surface area contributed by atoms with Crippen LogP contribution in [-0.4, -0.2) is 22.6 Å². The zero-order valence-electron chi connectivity index (χ0n) is 16.5. The molecule has 2 aliphatic rings. The summed E-state index contributed by atoms with van der Waals surface area (Å²) in [5.74, 6) is 1.92. The summed E-state index contributed by atoms with van der Waals surface area (Å²) in [6, 6.07) is 24.4. The van der Waals surface area contributed by atoms with Gasteiger partial charge >= 0.3 is 0 Å². The number of pyridine rings is 1. The van der Waals surface area contributed by atoms with Gasteiger partial charge < -0.3 is 9.30 Å². The highest BCUT2D eigenvalue weighted by atomic mass is 16.5. The monoisotopic (exact) mass is 386 g/mol. The number of piperidine rings is 1. The lowest BCUT2D eigenvalue weighted by Crippen LogP contribution is -2.46. The summed E-state index contributed by atoms with van der Waals surface area (Å²) in [6.45, 7) is 4.42. The van der Waals surface area contributed by atoms with Crippen molar-refractivity contribution in [2.45, 2.75) is 32.0 Å². The summed E-state index contributed by atoms with van der Waals surface area (Å²) in [5, 5.41) is 0. The maximum Gasteiger partial charge on any atom is 0.250 e. The molecule has 29 heavy (non-hydrogen) atoms. The van der Waals surface area contributed by atoms with Crippen LogP contribution < -0.4 is 10.3 Å². The predicted octanol–water partition coefficient (Wildman–Crippen LogP) is 4.05. The molecule has 0 N–H and O–H groups in total. The van der Waals surface area contributed by atoms with Crippen molar-refractivity contribution in [2.75, 3.05) is 13.1 Å². The Morgan fingerprint density at radius 1 is 0.862 bits per heavy atom. The molecule has 1 fully saturated rings. The van der Waals surface area contributed by atoms with Gasteiger partial charge in [0.05, 0.1) is 0 Å². The summed E-state index contributed by atoms with van der Waals surface area (Å²) in [5.41, 5.74) is 3.81. The van der Waals surface area contributed by atoms with Crippen molar-refractivity contribution < 1.29 is 4.74 Å². The van der Waals surface area contributed by atoms with Crippen LogP contribution in [0.3, 0.4) is 0 Å². The van der Waals surface area contributed by atoms with Gasteiger partial charge in [0, 0.05) is 43.9 Å². The van der Waals surface area contributed by atoms with Crippen LogP contribution in [0.1, 0.15) is 29.2 Å². The van der Waals surface area contributed by atoms with Crippen LogP contribution in [-0.2, 0) is 19.7 Å². The van der Waals surface area contributed by atoms with Gasteiger partial charge in [-0.25, -0.2) is 0 Å². The van der Waals surface area contributed by atoms with E-state index in [-0.39, 0.29) is 5.56 Å². The van der Waals surface area contributed by atoms with Gasteiger partial charge in [-0.15, -0.1) is 0 Å². The molecule has 2 aromatic carbocycles. The molecule has 0 amide bonds. The highest BCUT2D eigenvalue weighted by Crippen LogP contribution is 2.35. The second-order valence-electron chi connectivity index (χ2n) is 8.31. The smallest absolute Gasteiger partial charge is 0.250 e. The molecule has 0 radical (unpaired) electrons. The van der Waals surface area contributed by atoms with E-state index in [9.17, 15) is 4.79 Å². The summed E-state index contributed by atoms with van der Waals surface area (Å²) in [4.78, 5) is 14.7. The Morgan fingerprint density at radius 3 is 2.59 bits per heavy atom. The molecule has 148 valence electrons. The molecule has 2 aliphatic heterocycles. The van der Waals surface area contributed by atoms with Crippen molar-refractivity contribution in [2.24, 2.45) is 5.92 Å². The fraction of sp³-hybridized carbons (Fsp3) is 0.320. The molecular weight excluding hydrogens is 360 g/mol. The average molecular weight is 386 g/mol. The largest absolute Gasteiger partial charge is 0.489 e. The Morgan fingerprint density at radius 2 is 1.69 bits per heavy atom. The van der Waals surface area contributed by atoms with E-state index >= 15 is 0 Å². The molecule has 3 aromatic rings. The first-order valence-electron chi connectivity index (χ1n) is 10.4. The number of likely N-dealkylation sites (tertiary alicyclic amines) is 1. The normalized spacial score (nSPS) is 20.8. The molecule has 1 aromatic heterocycles. The molecule has 0 saturated carbocycles. The summed E-state index contributed by atoms with van der Waals surface area (Å²) in [7, 11) is 0. The number of hydrogen-bond donors (Lipinski definition) is 0. The molecule has 4 heteroatoms. The van der Waals surface area contributed by atoms with Crippen molar-refractivity contribution >= 4 is 0 Å². The summed E-state index contributed by atoms with van der Waals surface area (Å²) >= 11 is 0. The van der Waals surface area contributed by atoms with Gasteiger partial charge in [0.2, 0.25) is 0 Å². The molecule has 4 nitrogen and oxygen atoms in total. The van der Waals surface area contributed by atoms with E-state index < -0.39 is 0 Å². The summed E-state index contributed by atoms with van der Waals surface area (Å²) in [6.07, 6.45) is 1.19. The fourth-order valence-corrected chi connectivity index (χ4v) is 4.86. The van der Waals surface area contributed by atoms with Gasteiger partial charge in [-0.1, -0.05) is 48.5 Å². The van der Waals surface area contributed by atoms with Gasteiger partial charge in [0.15, 0.2) is 0 Å². The maximum absolute atomic E-state index is 12.2. The standard InChI is InChI=1S/C25H26N2O2/c28-25-11-5-10-24-22-12-21(16-27(24)25)15-26(17-22)14-20-8-4-9-23(13-20)29-18-19-6-2-1-3-7-19/h1-11,13,21-22H,12,14-18H2. The van der Waals surface area contributed by atoms with Crippen LogP contribution in [0, 0.1) is 5.92 Å². The van der Waals surface area contributed by atoms with E-state index in [0.717, 1.165) is 31.9 Å². The van der Waals surface area contributed by atoms with Crippen LogP contribution in [0.25, 0.3) is 0 Å². The van der Waals surface area contributed by atoms with Crippen LogP contribution in [0.4, 0.5) is 0 Å². The Balaban J connectivity index is 1.26. The molecule has 3 heterocycles. The van der Waals surface area contributed by atoms with Gasteiger partial charge in [-0.2, -0.15) is 0 Å². The van der Waals surface area contributed by atoms with E-state index in [1.165, 1.54) is 23.2 Å². The summed E-state index contributed by atoms with van der Waals surface area (Å²) < 4.78 is 7.99. The number of aromatic nitrogens is 1. The van der Waals surface area contributed by atoms with Crippen molar-refractivity contribution in [1.82, 2.24) is 9.47 Å². The van der Waals surface area contributed by atoms with Gasteiger partial charge in [-0.05, 0) is 41.7 Å². The Bertz CT molecular complexity index is 1040. The van der Waals surface area contributed by atoms with E-state index in [1.807, 2.05) is 34.9 Å². The molecule has 2 bridgehead atoms. The number of fused-ring (bicyclic) bond motifs is 4. The Hall–Kier alpha value is -2.85. The van der Waals surface area contributed by atoms with Crippen molar-refractivity contribution in [3.8, 4) is 5.75 Å². The van der Waals surface area contributed by atoms with Crippen molar-refractivity contribution in [1.29, 1.82) is 0 Å². The molecule has 2 atom stereocenters. The Kier molecular flexibility index (Phi) is 4.94. The van der Waals surface area contributed by atoms with E-state index in [4.69, 9.17) is 4.74 Å². The third-order valence-corrected chi connectivity index (χ3v) is 6.11. The average Bonchev–Trinajstić information content (AvgIpc) is 2.74. The number of hydrogen-bond acceptors (Lipinski definition) is 3. The maximum atomic E-state index is 12.2. The van der Waals surface area contributed by atoms with Crippen molar-refractivity contribution in [3.63, 3.8) is 0 Å². The van der Waals surface area contributed by atoms with Crippen molar-refractivity contribution in [3.05, 3.63) is 100.0 Å². The molecule has 5 rings (SSSR count). The third kappa shape index (κ3) is 3.99. The van der Waals surface area contributed by atoms with Gasteiger partial charge in [0.25, 0.3) is 5.56 Å². The minimum absolute atomic E-state index is 0.147. The van der Waals surface area contributed by atoms with E-state index in [1.54, 1.807) is 6.07 Å². The SMILES string of the molecule is O=c1cccc2n1CC1CC2CN(Cc2cccc(OCc3ccccc3)c2)C1. The third-order valence-electron chi connectivity index (χ3n) is 6.11. The lowest BCUT2D eigenvalue weighted by molar-refractivity contribution is 0.114. The first-order chi connectivity index (χ1) is 14.2. The van der Waals surface area contributed by atoms with Crippen LogP contribution >= 0.6 is 0 Å². The minimum atomic E-state index is 0.147. The van der Waals surface area contributed by atoms with Crippen LogP contribution in [0.2, 0.25) is 0 Å². The quantitative estimate of drug-likeness (QED) is 0.664. The highest BCUT2D eigenvalue weighted by molar-refractivity contribution is 5.29. The molecule has 0 aliphatic carbocycles. The number of benzene rings is 2. The van der Waals surface area contributed by atoms with Gasteiger partial charge in [0.1, 0.15) is 12.4 Å². The fourth-order valence-electron chi connectivity index (χ4n) is 4.86.